The molecule has 3 nitrogen and oxygen atoms in total. The molecular weight excluding hydrogens is 243 g/mol. The first-order valence-electron chi connectivity index (χ1n) is 6.99. The number of benzene rings is 1. The first-order chi connectivity index (χ1) is 9.25. The summed E-state index contributed by atoms with van der Waals surface area (Å²) >= 11 is 0. The van der Waals surface area contributed by atoms with Crippen LogP contribution in [0.4, 0.5) is 4.39 Å². The Balaban J connectivity index is 1.68. The van der Waals surface area contributed by atoms with Crippen LogP contribution in [0, 0.1) is 5.82 Å². The minimum Gasteiger partial charge on any atom is -0.351 e. The summed E-state index contributed by atoms with van der Waals surface area (Å²) in [6.45, 7) is 0.566. The predicted molar refractivity (Wildman–Crippen MR) is 73.1 cm³/mol. The molecule has 1 saturated carbocycles. The van der Waals surface area contributed by atoms with Crippen molar-refractivity contribution < 1.29 is 9.18 Å². The summed E-state index contributed by atoms with van der Waals surface area (Å²) < 4.78 is 13.3. The van der Waals surface area contributed by atoms with Crippen molar-refractivity contribution in [2.75, 3.05) is 6.54 Å². The molecule has 4 heteroatoms. The summed E-state index contributed by atoms with van der Waals surface area (Å²) in [6, 6.07) is 6.97. The van der Waals surface area contributed by atoms with E-state index in [9.17, 15) is 9.18 Å². The van der Waals surface area contributed by atoms with Gasteiger partial charge in [-0.2, -0.15) is 0 Å². The van der Waals surface area contributed by atoms with Crippen LogP contribution >= 0.6 is 0 Å². The van der Waals surface area contributed by atoms with Crippen LogP contribution in [-0.4, -0.2) is 18.5 Å². The molecule has 0 spiro atoms. The third-order valence-electron chi connectivity index (χ3n) is 3.59. The fourth-order valence-corrected chi connectivity index (χ4v) is 2.44. The molecule has 0 heterocycles. The minimum atomic E-state index is -0.275. The number of halogens is 1. The van der Waals surface area contributed by atoms with Crippen LogP contribution < -0.4 is 10.6 Å². The number of carbonyl (C=O) groups is 1. The first kappa shape index (κ1) is 14.0. The molecule has 0 saturated heterocycles. The van der Waals surface area contributed by atoms with Crippen molar-refractivity contribution in [1.82, 2.24) is 10.6 Å². The van der Waals surface area contributed by atoms with Gasteiger partial charge >= 0.3 is 0 Å². The summed E-state index contributed by atoms with van der Waals surface area (Å²) in [6.07, 6.45) is 6.10. The summed E-state index contributed by atoms with van der Waals surface area (Å²) in [5.41, 5.74) is 0.522. The number of nitrogens with one attached hydrogen (secondary N) is 2. The monoisotopic (exact) mass is 264 g/mol. The molecule has 2 rings (SSSR count). The van der Waals surface area contributed by atoms with Gasteiger partial charge in [0.1, 0.15) is 5.82 Å². The largest absolute Gasteiger partial charge is 0.351 e. The number of hydrogen-bond donors (Lipinski definition) is 2. The Morgan fingerprint density at radius 1 is 1.21 bits per heavy atom. The van der Waals surface area contributed by atoms with Gasteiger partial charge in [-0.25, -0.2) is 4.39 Å². The molecule has 104 valence electrons. The normalized spacial score (nSPS) is 16.3. The molecule has 0 unspecified atom stereocenters. The van der Waals surface area contributed by atoms with Crippen molar-refractivity contribution in [3.8, 4) is 0 Å². The molecule has 1 aliphatic rings. The highest BCUT2D eigenvalue weighted by molar-refractivity contribution is 5.78. The highest BCUT2D eigenvalue weighted by atomic mass is 19.1. The molecule has 1 aliphatic carbocycles. The summed E-state index contributed by atoms with van der Waals surface area (Å²) in [4.78, 5) is 11.7. The fourth-order valence-electron chi connectivity index (χ4n) is 2.44. The topological polar surface area (TPSA) is 41.1 Å². The average Bonchev–Trinajstić information content (AvgIpc) is 2.45. The molecule has 0 aromatic heterocycles. The molecule has 0 atom stereocenters. The summed E-state index contributed by atoms with van der Waals surface area (Å²) in [7, 11) is 0. The smallest absolute Gasteiger partial charge is 0.234 e. The van der Waals surface area contributed by atoms with Crippen LogP contribution in [0.3, 0.4) is 0 Å². The van der Waals surface area contributed by atoms with Gasteiger partial charge in [-0.05, 0) is 18.9 Å². The van der Waals surface area contributed by atoms with Gasteiger partial charge in [-0.1, -0.05) is 37.5 Å². The zero-order valence-electron chi connectivity index (χ0n) is 11.1. The molecule has 0 aliphatic heterocycles. The molecule has 1 amide bonds. The van der Waals surface area contributed by atoms with Crippen LogP contribution in [0.5, 0.6) is 0 Å². The zero-order valence-corrected chi connectivity index (χ0v) is 11.1. The van der Waals surface area contributed by atoms with Crippen molar-refractivity contribution in [2.45, 2.75) is 44.7 Å². The lowest BCUT2D eigenvalue weighted by molar-refractivity contribution is -0.120. The van der Waals surface area contributed by atoms with Crippen molar-refractivity contribution in [3.05, 3.63) is 35.6 Å². The standard InChI is InChI=1S/C15H21FN2O/c16-14-9-5-4-6-12(14)10-18-15(19)11-17-13-7-2-1-3-8-13/h4-6,9,13,17H,1-3,7-8,10-11H2,(H,18,19). The van der Waals surface area contributed by atoms with E-state index in [4.69, 9.17) is 0 Å². The van der Waals surface area contributed by atoms with Gasteiger partial charge in [0.15, 0.2) is 0 Å². The van der Waals surface area contributed by atoms with Crippen molar-refractivity contribution in [3.63, 3.8) is 0 Å². The highest BCUT2D eigenvalue weighted by Gasteiger charge is 2.13. The zero-order chi connectivity index (χ0) is 13.5. The van der Waals surface area contributed by atoms with E-state index in [1.807, 2.05) is 0 Å². The molecule has 1 aromatic rings. The van der Waals surface area contributed by atoms with Gasteiger partial charge in [0, 0.05) is 18.2 Å². The lowest BCUT2D eigenvalue weighted by atomic mass is 9.95. The summed E-state index contributed by atoms with van der Waals surface area (Å²) in [5, 5.41) is 6.00. The SMILES string of the molecule is O=C(CNC1CCCCC1)NCc1ccccc1F. The minimum absolute atomic E-state index is 0.0752. The van der Waals surface area contributed by atoms with E-state index in [-0.39, 0.29) is 18.3 Å². The molecule has 0 bridgehead atoms. The van der Waals surface area contributed by atoms with Crippen LogP contribution in [0.2, 0.25) is 0 Å². The van der Waals surface area contributed by atoms with Crippen LogP contribution in [0.1, 0.15) is 37.7 Å². The van der Waals surface area contributed by atoms with Crippen LogP contribution in [0.25, 0.3) is 0 Å². The molecule has 19 heavy (non-hydrogen) atoms. The average molecular weight is 264 g/mol. The van der Waals surface area contributed by atoms with E-state index < -0.39 is 0 Å². The van der Waals surface area contributed by atoms with E-state index in [1.54, 1.807) is 18.2 Å². The maximum absolute atomic E-state index is 13.3. The third kappa shape index (κ3) is 4.63. The Morgan fingerprint density at radius 3 is 2.68 bits per heavy atom. The maximum atomic E-state index is 13.3. The van der Waals surface area contributed by atoms with E-state index in [2.05, 4.69) is 10.6 Å². The van der Waals surface area contributed by atoms with Crippen molar-refractivity contribution >= 4 is 5.91 Å². The second kappa shape index (κ2) is 7.24. The fraction of sp³-hybridized carbons (Fsp3) is 0.533. The number of amides is 1. The van der Waals surface area contributed by atoms with Gasteiger partial charge in [-0.15, -0.1) is 0 Å². The van der Waals surface area contributed by atoms with Crippen molar-refractivity contribution in [2.24, 2.45) is 0 Å². The molecule has 1 aromatic carbocycles. The molecule has 2 N–H and O–H groups in total. The Morgan fingerprint density at radius 2 is 1.95 bits per heavy atom. The van der Waals surface area contributed by atoms with Gasteiger partial charge in [-0.3, -0.25) is 4.79 Å². The Bertz CT molecular complexity index is 416. The predicted octanol–water partition coefficient (Wildman–Crippen LogP) is 2.36. The molecular formula is C15H21FN2O. The number of rotatable bonds is 5. The quantitative estimate of drug-likeness (QED) is 0.857. The lowest BCUT2D eigenvalue weighted by Crippen LogP contribution is -2.39. The first-order valence-corrected chi connectivity index (χ1v) is 6.99. The van der Waals surface area contributed by atoms with Gasteiger partial charge in [0.05, 0.1) is 6.54 Å². The lowest BCUT2D eigenvalue weighted by Gasteiger charge is -2.22. The van der Waals surface area contributed by atoms with Gasteiger partial charge < -0.3 is 10.6 Å². The second-order valence-electron chi connectivity index (χ2n) is 5.08. The van der Waals surface area contributed by atoms with E-state index in [1.165, 1.54) is 25.3 Å². The third-order valence-corrected chi connectivity index (χ3v) is 3.59. The van der Waals surface area contributed by atoms with Crippen molar-refractivity contribution in [1.29, 1.82) is 0 Å². The summed E-state index contributed by atoms with van der Waals surface area (Å²) in [5.74, 6) is -0.350. The second-order valence-corrected chi connectivity index (χ2v) is 5.08. The van der Waals surface area contributed by atoms with E-state index >= 15 is 0 Å². The highest BCUT2D eigenvalue weighted by Crippen LogP contribution is 2.16. The Kier molecular flexibility index (Phi) is 5.33. The Hall–Kier alpha value is -1.42. The van der Waals surface area contributed by atoms with Crippen LogP contribution in [0.15, 0.2) is 24.3 Å². The van der Waals surface area contributed by atoms with Gasteiger partial charge in [0.2, 0.25) is 5.91 Å². The number of hydrogen-bond acceptors (Lipinski definition) is 2. The molecule has 1 fully saturated rings. The number of carbonyl (C=O) groups excluding carboxylic acids is 1. The van der Waals surface area contributed by atoms with E-state index in [0.29, 0.717) is 18.2 Å². The maximum Gasteiger partial charge on any atom is 0.234 e. The molecule has 0 radical (unpaired) electrons. The Labute approximate surface area is 113 Å². The van der Waals surface area contributed by atoms with E-state index in [0.717, 1.165) is 12.8 Å². The van der Waals surface area contributed by atoms with Gasteiger partial charge in [0.25, 0.3) is 0 Å². The van der Waals surface area contributed by atoms with Crippen LogP contribution in [-0.2, 0) is 11.3 Å².